The van der Waals surface area contributed by atoms with Crippen molar-refractivity contribution in [1.29, 1.82) is 0 Å². The van der Waals surface area contributed by atoms with Crippen LogP contribution in [-0.2, 0) is 0 Å². The SMILES string of the molecule is CCOc1cccc(Oc2cccc(F)c2C(=O)O)n1. The molecule has 0 radical (unpaired) electrons. The highest BCUT2D eigenvalue weighted by molar-refractivity contribution is 5.91. The molecule has 1 aromatic carbocycles. The molecular formula is C14H12FNO4. The molecule has 1 aromatic heterocycles. The van der Waals surface area contributed by atoms with E-state index in [1.807, 2.05) is 6.92 Å². The lowest BCUT2D eigenvalue weighted by molar-refractivity contribution is 0.0689. The molecule has 1 heterocycles. The van der Waals surface area contributed by atoms with Gasteiger partial charge in [0.05, 0.1) is 6.61 Å². The van der Waals surface area contributed by atoms with Crippen molar-refractivity contribution in [3.05, 3.63) is 47.8 Å². The first-order valence-electron chi connectivity index (χ1n) is 5.91. The van der Waals surface area contributed by atoms with E-state index < -0.39 is 17.3 Å². The van der Waals surface area contributed by atoms with Gasteiger partial charge in [0.1, 0.15) is 17.1 Å². The molecule has 2 aromatic rings. The van der Waals surface area contributed by atoms with Gasteiger partial charge in [-0.1, -0.05) is 12.1 Å². The molecule has 104 valence electrons. The van der Waals surface area contributed by atoms with Crippen molar-refractivity contribution in [3.63, 3.8) is 0 Å². The average Bonchev–Trinajstić information content (AvgIpc) is 2.39. The minimum Gasteiger partial charge on any atom is -0.478 e. The molecule has 0 amide bonds. The zero-order valence-corrected chi connectivity index (χ0v) is 10.7. The van der Waals surface area contributed by atoms with E-state index in [0.717, 1.165) is 6.07 Å². The molecule has 2 rings (SSSR count). The highest BCUT2D eigenvalue weighted by atomic mass is 19.1. The Morgan fingerprint density at radius 2 is 1.95 bits per heavy atom. The maximum absolute atomic E-state index is 13.5. The summed E-state index contributed by atoms with van der Waals surface area (Å²) in [7, 11) is 0. The average molecular weight is 277 g/mol. The molecule has 0 aliphatic carbocycles. The quantitative estimate of drug-likeness (QED) is 0.909. The number of benzene rings is 1. The van der Waals surface area contributed by atoms with Crippen molar-refractivity contribution in [2.45, 2.75) is 6.92 Å². The van der Waals surface area contributed by atoms with E-state index in [4.69, 9.17) is 14.6 Å². The summed E-state index contributed by atoms with van der Waals surface area (Å²) in [5.74, 6) is -1.91. The van der Waals surface area contributed by atoms with Gasteiger partial charge in [0, 0.05) is 12.1 Å². The van der Waals surface area contributed by atoms with Crippen molar-refractivity contribution in [2.24, 2.45) is 0 Å². The molecule has 0 saturated heterocycles. The Labute approximate surface area is 114 Å². The first-order valence-corrected chi connectivity index (χ1v) is 5.91. The summed E-state index contributed by atoms with van der Waals surface area (Å²) in [5.41, 5.74) is -0.531. The van der Waals surface area contributed by atoms with Crippen LogP contribution in [0.25, 0.3) is 0 Å². The van der Waals surface area contributed by atoms with E-state index in [1.165, 1.54) is 18.2 Å². The van der Waals surface area contributed by atoms with E-state index in [2.05, 4.69) is 4.98 Å². The summed E-state index contributed by atoms with van der Waals surface area (Å²) in [4.78, 5) is 15.1. The predicted octanol–water partition coefficient (Wildman–Crippen LogP) is 3.11. The lowest BCUT2D eigenvalue weighted by Crippen LogP contribution is -2.04. The summed E-state index contributed by atoms with van der Waals surface area (Å²) in [6.45, 7) is 2.25. The monoisotopic (exact) mass is 277 g/mol. The maximum atomic E-state index is 13.5. The van der Waals surface area contributed by atoms with Crippen LogP contribution in [0, 0.1) is 5.82 Å². The van der Waals surface area contributed by atoms with E-state index in [1.54, 1.807) is 12.1 Å². The number of pyridine rings is 1. The third-order valence-corrected chi connectivity index (χ3v) is 2.39. The van der Waals surface area contributed by atoms with Gasteiger partial charge in [-0.25, -0.2) is 9.18 Å². The highest BCUT2D eigenvalue weighted by Crippen LogP contribution is 2.27. The minimum atomic E-state index is -1.40. The summed E-state index contributed by atoms with van der Waals surface area (Å²) >= 11 is 0. The maximum Gasteiger partial charge on any atom is 0.342 e. The van der Waals surface area contributed by atoms with Crippen molar-refractivity contribution in [2.75, 3.05) is 6.61 Å². The van der Waals surface area contributed by atoms with E-state index in [-0.39, 0.29) is 11.6 Å². The van der Waals surface area contributed by atoms with E-state index >= 15 is 0 Å². The Kier molecular flexibility index (Phi) is 4.14. The van der Waals surface area contributed by atoms with Crippen LogP contribution in [0.2, 0.25) is 0 Å². The summed E-state index contributed by atoms with van der Waals surface area (Å²) < 4.78 is 24.0. The van der Waals surface area contributed by atoms with Crippen LogP contribution in [0.3, 0.4) is 0 Å². The molecular weight excluding hydrogens is 265 g/mol. The van der Waals surface area contributed by atoms with Crippen LogP contribution >= 0.6 is 0 Å². The Morgan fingerprint density at radius 3 is 2.65 bits per heavy atom. The fourth-order valence-electron chi connectivity index (χ4n) is 1.59. The predicted molar refractivity (Wildman–Crippen MR) is 68.8 cm³/mol. The molecule has 0 saturated carbocycles. The van der Waals surface area contributed by atoms with Crippen molar-refractivity contribution in [3.8, 4) is 17.5 Å². The lowest BCUT2D eigenvalue weighted by Gasteiger charge is -2.09. The molecule has 20 heavy (non-hydrogen) atoms. The van der Waals surface area contributed by atoms with Gasteiger partial charge >= 0.3 is 5.97 Å². The molecule has 1 N–H and O–H groups in total. The normalized spacial score (nSPS) is 10.1. The van der Waals surface area contributed by atoms with Crippen molar-refractivity contribution in [1.82, 2.24) is 4.98 Å². The first kappa shape index (κ1) is 13.8. The standard InChI is InChI=1S/C14H12FNO4/c1-2-19-11-7-4-8-12(16-11)20-10-6-3-5-9(15)13(10)14(17)18/h3-8H,2H2,1H3,(H,17,18). The van der Waals surface area contributed by atoms with Gasteiger partial charge < -0.3 is 14.6 Å². The smallest absolute Gasteiger partial charge is 0.342 e. The van der Waals surface area contributed by atoms with Crippen LogP contribution in [0.1, 0.15) is 17.3 Å². The summed E-state index contributed by atoms with van der Waals surface area (Å²) in [6.07, 6.45) is 0. The molecule has 0 aliphatic heterocycles. The van der Waals surface area contributed by atoms with Gasteiger partial charge in [-0.2, -0.15) is 4.98 Å². The number of hydrogen-bond acceptors (Lipinski definition) is 4. The fourth-order valence-corrected chi connectivity index (χ4v) is 1.59. The Morgan fingerprint density at radius 1 is 1.25 bits per heavy atom. The van der Waals surface area contributed by atoms with Crippen molar-refractivity contribution >= 4 is 5.97 Å². The first-order chi connectivity index (χ1) is 9.61. The topological polar surface area (TPSA) is 68.7 Å². The van der Waals surface area contributed by atoms with Crippen LogP contribution in [0.15, 0.2) is 36.4 Å². The number of rotatable bonds is 5. The molecule has 0 atom stereocenters. The number of ether oxygens (including phenoxy) is 2. The van der Waals surface area contributed by atoms with Gasteiger partial charge in [0.2, 0.25) is 11.8 Å². The minimum absolute atomic E-state index is 0.112. The number of carboxylic acid groups (broad SMARTS) is 1. The fraction of sp³-hybridized carbons (Fsp3) is 0.143. The number of carbonyl (C=O) groups is 1. The number of carboxylic acids is 1. The molecule has 5 nitrogen and oxygen atoms in total. The van der Waals surface area contributed by atoms with Crippen LogP contribution < -0.4 is 9.47 Å². The molecule has 0 aliphatic rings. The van der Waals surface area contributed by atoms with Crippen molar-refractivity contribution < 1.29 is 23.8 Å². The number of hydrogen-bond donors (Lipinski definition) is 1. The zero-order valence-electron chi connectivity index (χ0n) is 10.7. The number of aromatic nitrogens is 1. The van der Waals surface area contributed by atoms with Gasteiger partial charge in [-0.3, -0.25) is 0 Å². The van der Waals surface area contributed by atoms with Crippen LogP contribution in [0.4, 0.5) is 4.39 Å². The third kappa shape index (κ3) is 3.03. The molecule has 6 heteroatoms. The summed E-state index contributed by atoms with van der Waals surface area (Å²) in [5, 5.41) is 9.00. The van der Waals surface area contributed by atoms with Gasteiger partial charge in [-0.15, -0.1) is 0 Å². The molecule has 0 spiro atoms. The number of nitrogens with zero attached hydrogens (tertiary/aromatic N) is 1. The Hall–Kier alpha value is -2.63. The largest absolute Gasteiger partial charge is 0.478 e. The lowest BCUT2D eigenvalue weighted by atomic mass is 10.2. The van der Waals surface area contributed by atoms with Crippen LogP contribution in [0.5, 0.6) is 17.5 Å². The zero-order chi connectivity index (χ0) is 14.5. The molecule has 0 bridgehead atoms. The molecule has 0 unspecified atom stereocenters. The Bertz CT molecular complexity index is 630. The van der Waals surface area contributed by atoms with Crippen LogP contribution in [-0.4, -0.2) is 22.7 Å². The van der Waals surface area contributed by atoms with Gasteiger partial charge in [0.15, 0.2) is 0 Å². The summed E-state index contributed by atoms with van der Waals surface area (Å²) in [6, 6.07) is 8.59. The number of halogens is 1. The van der Waals surface area contributed by atoms with Gasteiger partial charge in [-0.05, 0) is 19.1 Å². The van der Waals surface area contributed by atoms with Gasteiger partial charge in [0.25, 0.3) is 0 Å². The number of aromatic carboxylic acids is 1. The van der Waals surface area contributed by atoms with E-state index in [9.17, 15) is 9.18 Å². The second-order valence-corrected chi connectivity index (χ2v) is 3.77. The Balaban J connectivity index is 2.32. The highest BCUT2D eigenvalue weighted by Gasteiger charge is 2.17. The second kappa shape index (κ2) is 6.01. The second-order valence-electron chi connectivity index (χ2n) is 3.77. The molecule has 0 fully saturated rings. The van der Waals surface area contributed by atoms with E-state index in [0.29, 0.717) is 12.5 Å². The third-order valence-electron chi connectivity index (χ3n) is 2.39.